The number of hydrogen-bond donors (Lipinski definition) is 0. The first kappa shape index (κ1) is 23.8. The highest BCUT2D eigenvalue weighted by Crippen LogP contribution is 2.33. The number of anilines is 1. The van der Waals surface area contributed by atoms with Crippen LogP contribution in [0.25, 0.3) is 22.1 Å². The van der Waals surface area contributed by atoms with Gasteiger partial charge in [-0.05, 0) is 50.1 Å². The molecule has 1 aliphatic rings. The Hall–Kier alpha value is -3.97. The summed E-state index contributed by atoms with van der Waals surface area (Å²) >= 11 is 0. The van der Waals surface area contributed by atoms with Gasteiger partial charge in [0, 0.05) is 45.3 Å². The smallest absolute Gasteiger partial charge is 0.408 e. The van der Waals surface area contributed by atoms with Crippen LogP contribution >= 0.6 is 0 Å². The Kier molecular flexibility index (Phi) is 5.88. The minimum atomic E-state index is -0.370. The number of oxazole rings is 1. The van der Waals surface area contributed by atoms with Gasteiger partial charge in [0.05, 0.1) is 11.0 Å². The molecule has 1 saturated heterocycles. The molecule has 36 heavy (non-hydrogen) atoms. The van der Waals surface area contributed by atoms with E-state index >= 15 is 0 Å². The van der Waals surface area contributed by atoms with Crippen LogP contribution < -0.4 is 16.3 Å². The molecule has 3 aromatic heterocycles. The SMILES string of the molecule is CC[C@@H]1CN(c2nc(=O)n(C)c3ccc(C#N)nc23)[C@@H](C)CN1C(C)c1ccc2oc(=O)n(C)c2c1. The molecule has 1 aromatic carbocycles. The third-order valence-electron chi connectivity index (χ3n) is 7.47. The molecule has 1 fully saturated rings. The molecular formula is C26H29N7O3. The molecule has 0 saturated carbocycles. The Morgan fingerprint density at radius 2 is 1.89 bits per heavy atom. The maximum absolute atomic E-state index is 12.7. The molecule has 5 rings (SSSR count). The van der Waals surface area contributed by atoms with Crippen LogP contribution in [0.15, 0.2) is 44.3 Å². The average Bonchev–Trinajstić information content (AvgIpc) is 3.17. The van der Waals surface area contributed by atoms with Crippen LogP contribution in [0.2, 0.25) is 0 Å². The van der Waals surface area contributed by atoms with Crippen molar-refractivity contribution in [1.82, 2.24) is 24.0 Å². The van der Waals surface area contributed by atoms with E-state index in [1.165, 1.54) is 9.13 Å². The van der Waals surface area contributed by atoms with Gasteiger partial charge in [0.1, 0.15) is 17.3 Å². The molecule has 0 aliphatic carbocycles. The lowest BCUT2D eigenvalue weighted by atomic mass is 9.98. The maximum Gasteiger partial charge on any atom is 0.419 e. The number of benzene rings is 1. The molecule has 4 heterocycles. The van der Waals surface area contributed by atoms with Gasteiger partial charge in [-0.3, -0.25) is 14.0 Å². The Balaban J connectivity index is 1.51. The predicted molar refractivity (Wildman–Crippen MR) is 137 cm³/mol. The van der Waals surface area contributed by atoms with Crippen molar-refractivity contribution < 1.29 is 4.42 Å². The first-order chi connectivity index (χ1) is 17.2. The van der Waals surface area contributed by atoms with Gasteiger partial charge in [-0.15, -0.1) is 0 Å². The van der Waals surface area contributed by atoms with Crippen LogP contribution in [-0.2, 0) is 14.1 Å². The van der Waals surface area contributed by atoms with E-state index in [1.54, 1.807) is 26.2 Å². The molecule has 1 unspecified atom stereocenters. The lowest BCUT2D eigenvalue weighted by molar-refractivity contribution is 0.106. The maximum atomic E-state index is 12.7. The largest absolute Gasteiger partial charge is 0.419 e. The summed E-state index contributed by atoms with van der Waals surface area (Å²) in [6.45, 7) is 7.87. The van der Waals surface area contributed by atoms with Gasteiger partial charge in [-0.1, -0.05) is 13.0 Å². The number of nitriles is 1. The van der Waals surface area contributed by atoms with Crippen LogP contribution in [0, 0.1) is 11.3 Å². The zero-order chi connectivity index (χ0) is 25.7. The molecule has 0 bridgehead atoms. The van der Waals surface area contributed by atoms with E-state index in [-0.39, 0.29) is 29.6 Å². The highest BCUT2D eigenvalue weighted by Gasteiger charge is 2.35. The number of nitrogens with zero attached hydrogens (tertiary/aromatic N) is 7. The van der Waals surface area contributed by atoms with Crippen molar-refractivity contribution in [3.05, 3.63) is 62.6 Å². The summed E-state index contributed by atoms with van der Waals surface area (Å²) in [6, 6.07) is 11.7. The first-order valence-electron chi connectivity index (χ1n) is 12.1. The van der Waals surface area contributed by atoms with Gasteiger partial charge in [0.25, 0.3) is 0 Å². The molecule has 4 aromatic rings. The van der Waals surface area contributed by atoms with Gasteiger partial charge in [0.2, 0.25) is 0 Å². The lowest BCUT2D eigenvalue weighted by Crippen LogP contribution is -2.58. The highest BCUT2D eigenvalue weighted by atomic mass is 16.4. The zero-order valence-electron chi connectivity index (χ0n) is 21.1. The van der Waals surface area contributed by atoms with Crippen LogP contribution in [0.4, 0.5) is 5.82 Å². The zero-order valence-corrected chi connectivity index (χ0v) is 21.1. The van der Waals surface area contributed by atoms with Gasteiger partial charge in [-0.2, -0.15) is 10.2 Å². The molecule has 0 amide bonds. The van der Waals surface area contributed by atoms with E-state index in [0.717, 1.165) is 24.0 Å². The fourth-order valence-electron chi connectivity index (χ4n) is 5.26. The van der Waals surface area contributed by atoms with Crippen LogP contribution in [0.1, 0.15) is 44.5 Å². The van der Waals surface area contributed by atoms with E-state index in [4.69, 9.17) is 4.42 Å². The van der Waals surface area contributed by atoms with Crippen LogP contribution in [0.3, 0.4) is 0 Å². The number of aromatic nitrogens is 4. The van der Waals surface area contributed by atoms with Gasteiger partial charge >= 0.3 is 11.4 Å². The van der Waals surface area contributed by atoms with Crippen LogP contribution in [0.5, 0.6) is 0 Å². The molecule has 0 N–H and O–H groups in total. The van der Waals surface area contributed by atoms with Gasteiger partial charge in [-0.25, -0.2) is 14.6 Å². The van der Waals surface area contributed by atoms with Crippen molar-refractivity contribution in [1.29, 1.82) is 5.26 Å². The van der Waals surface area contributed by atoms with Crippen molar-refractivity contribution in [2.75, 3.05) is 18.0 Å². The summed E-state index contributed by atoms with van der Waals surface area (Å²) < 4.78 is 8.29. The summed E-state index contributed by atoms with van der Waals surface area (Å²) in [7, 11) is 3.38. The predicted octanol–water partition coefficient (Wildman–Crippen LogP) is 2.70. The van der Waals surface area contributed by atoms with E-state index in [0.29, 0.717) is 34.7 Å². The molecule has 1 aliphatic heterocycles. The van der Waals surface area contributed by atoms with Crippen molar-refractivity contribution >= 4 is 28.0 Å². The van der Waals surface area contributed by atoms with E-state index < -0.39 is 0 Å². The average molecular weight is 488 g/mol. The minimum Gasteiger partial charge on any atom is -0.408 e. The fourth-order valence-corrected chi connectivity index (χ4v) is 5.26. The summed E-state index contributed by atoms with van der Waals surface area (Å²) in [5.41, 5.74) is 3.62. The highest BCUT2D eigenvalue weighted by molar-refractivity contribution is 5.86. The Bertz CT molecular complexity index is 1630. The second-order valence-corrected chi connectivity index (χ2v) is 9.54. The first-order valence-corrected chi connectivity index (χ1v) is 12.1. The number of rotatable bonds is 4. The van der Waals surface area contributed by atoms with Gasteiger partial charge < -0.3 is 9.32 Å². The third-order valence-corrected chi connectivity index (χ3v) is 7.47. The molecular weight excluding hydrogens is 458 g/mol. The second kappa shape index (κ2) is 8.91. The van der Waals surface area contributed by atoms with E-state index in [2.05, 4.69) is 46.6 Å². The number of fused-ring (bicyclic) bond motifs is 2. The Morgan fingerprint density at radius 3 is 2.61 bits per heavy atom. The normalized spacial score (nSPS) is 19.6. The van der Waals surface area contributed by atoms with Crippen molar-refractivity contribution in [3.8, 4) is 6.07 Å². The number of pyridine rings is 1. The standard InChI is InChI=1S/C26H29N7O3/c1-6-19-14-32(24-23-20(30(4)25(34)29-24)9-8-18(12-27)28-23)15(2)13-33(19)16(3)17-7-10-22-21(11-17)31(5)26(35)36-22/h7-11,15-16,19H,6,13-14H2,1-5H3/t15-,16?,19+/m0/s1. The van der Waals surface area contributed by atoms with E-state index in [9.17, 15) is 14.9 Å². The molecule has 10 nitrogen and oxygen atoms in total. The molecule has 10 heteroatoms. The monoisotopic (exact) mass is 487 g/mol. The second-order valence-electron chi connectivity index (χ2n) is 9.54. The van der Waals surface area contributed by atoms with E-state index in [1.807, 2.05) is 18.2 Å². The molecule has 0 spiro atoms. The summed E-state index contributed by atoms with van der Waals surface area (Å²) in [5.74, 6) is 0.156. The molecule has 186 valence electrons. The number of piperazine rings is 1. The summed E-state index contributed by atoms with van der Waals surface area (Å²) in [4.78, 5) is 38.2. The number of hydrogen-bond acceptors (Lipinski definition) is 8. The van der Waals surface area contributed by atoms with Crippen molar-refractivity contribution in [2.24, 2.45) is 14.1 Å². The number of aryl methyl sites for hydroxylation is 2. The van der Waals surface area contributed by atoms with Crippen molar-refractivity contribution in [2.45, 2.75) is 45.3 Å². The topological polar surface area (TPSA) is 113 Å². The summed E-state index contributed by atoms with van der Waals surface area (Å²) in [5, 5.41) is 9.40. The summed E-state index contributed by atoms with van der Waals surface area (Å²) in [6.07, 6.45) is 0.902. The molecule has 0 radical (unpaired) electrons. The molecule has 3 atom stereocenters. The Morgan fingerprint density at radius 1 is 1.11 bits per heavy atom. The van der Waals surface area contributed by atoms with Crippen molar-refractivity contribution in [3.63, 3.8) is 0 Å². The lowest BCUT2D eigenvalue weighted by Gasteiger charge is -2.48. The quantitative estimate of drug-likeness (QED) is 0.432. The third kappa shape index (κ3) is 3.76. The minimum absolute atomic E-state index is 0.0487. The Labute approximate surface area is 208 Å². The van der Waals surface area contributed by atoms with Crippen LogP contribution in [-0.4, -0.2) is 49.2 Å². The van der Waals surface area contributed by atoms with Gasteiger partial charge in [0.15, 0.2) is 11.4 Å². The fraction of sp³-hybridized carbons (Fsp3) is 0.423.